The molecule has 0 radical (unpaired) electrons. The number of alkyl halides is 3. The van der Waals surface area contributed by atoms with Gasteiger partial charge in [-0.15, -0.1) is 6.58 Å². The lowest BCUT2D eigenvalue weighted by atomic mass is 9.95. The van der Waals surface area contributed by atoms with Gasteiger partial charge in [-0.05, 0) is 18.2 Å². The van der Waals surface area contributed by atoms with Crippen molar-refractivity contribution in [2.45, 2.75) is 11.8 Å². The number of hydrogen-bond acceptors (Lipinski definition) is 2. The molecule has 1 aromatic carbocycles. The van der Waals surface area contributed by atoms with Crippen LogP contribution in [0, 0.1) is 0 Å². The zero-order valence-electron chi connectivity index (χ0n) is 9.54. The van der Waals surface area contributed by atoms with Gasteiger partial charge in [0.15, 0.2) is 0 Å². The van der Waals surface area contributed by atoms with E-state index in [0.717, 1.165) is 11.0 Å². The van der Waals surface area contributed by atoms with Crippen LogP contribution in [0.15, 0.2) is 30.9 Å². The van der Waals surface area contributed by atoms with Gasteiger partial charge >= 0.3 is 6.18 Å². The largest absolute Gasteiger partial charge is 0.430 e. The summed E-state index contributed by atoms with van der Waals surface area (Å²) in [5.74, 6) is -1.45. The smallest absolute Gasteiger partial charge is 0.368 e. The number of nitrogens with zero attached hydrogens (tertiary/aromatic N) is 1. The fraction of sp³-hybridized carbons (Fsp3) is 0.250. The second-order valence-electron chi connectivity index (χ2n) is 4.07. The van der Waals surface area contributed by atoms with Crippen LogP contribution in [0.4, 0.5) is 18.9 Å². The Labute approximate surface area is 111 Å². The molecule has 1 N–H and O–H groups in total. The molecule has 1 aromatic rings. The van der Waals surface area contributed by atoms with Crippen molar-refractivity contribution in [1.82, 2.24) is 0 Å². The normalized spacial score (nSPS) is 22.6. The third kappa shape index (κ3) is 1.82. The van der Waals surface area contributed by atoms with Gasteiger partial charge in [0.1, 0.15) is 0 Å². The van der Waals surface area contributed by atoms with Crippen molar-refractivity contribution in [3.8, 4) is 0 Å². The topological polar surface area (TPSA) is 40.5 Å². The molecule has 0 spiro atoms. The van der Waals surface area contributed by atoms with Crippen LogP contribution < -0.4 is 4.90 Å². The maximum Gasteiger partial charge on any atom is 0.430 e. The molecule has 0 fully saturated rings. The molecular weight excluding hydrogens is 283 g/mol. The molecule has 1 unspecified atom stereocenters. The number of aliphatic hydroxyl groups is 1. The van der Waals surface area contributed by atoms with E-state index in [1.54, 1.807) is 0 Å². The van der Waals surface area contributed by atoms with E-state index in [2.05, 4.69) is 6.58 Å². The monoisotopic (exact) mass is 291 g/mol. The first-order valence-corrected chi connectivity index (χ1v) is 5.63. The number of anilines is 1. The highest BCUT2D eigenvalue weighted by molar-refractivity contribution is 6.31. The number of benzene rings is 1. The average molecular weight is 292 g/mol. The van der Waals surface area contributed by atoms with Gasteiger partial charge in [-0.25, -0.2) is 0 Å². The van der Waals surface area contributed by atoms with Gasteiger partial charge in [-0.3, -0.25) is 4.79 Å². The maximum atomic E-state index is 13.1. The number of amides is 1. The van der Waals surface area contributed by atoms with Gasteiger partial charge in [0.25, 0.3) is 11.5 Å². The summed E-state index contributed by atoms with van der Waals surface area (Å²) in [6.45, 7) is 3.24. The van der Waals surface area contributed by atoms with E-state index in [-0.39, 0.29) is 17.3 Å². The molecule has 0 aromatic heterocycles. The van der Waals surface area contributed by atoms with Crippen molar-refractivity contribution < 1.29 is 23.1 Å². The Morgan fingerprint density at radius 2 is 2.11 bits per heavy atom. The van der Waals surface area contributed by atoms with Crippen molar-refractivity contribution in [2.24, 2.45) is 0 Å². The van der Waals surface area contributed by atoms with Gasteiger partial charge < -0.3 is 10.0 Å². The summed E-state index contributed by atoms with van der Waals surface area (Å²) in [6.07, 6.45) is -3.85. The summed E-state index contributed by atoms with van der Waals surface area (Å²) < 4.78 is 39.2. The summed E-state index contributed by atoms with van der Waals surface area (Å²) in [5, 5.41) is 9.87. The summed E-state index contributed by atoms with van der Waals surface area (Å²) >= 11 is 5.64. The van der Waals surface area contributed by atoms with E-state index in [0.29, 0.717) is 0 Å². The third-order valence-corrected chi connectivity index (χ3v) is 3.15. The maximum absolute atomic E-state index is 13.1. The van der Waals surface area contributed by atoms with E-state index in [4.69, 9.17) is 11.6 Å². The highest BCUT2D eigenvalue weighted by atomic mass is 35.5. The van der Waals surface area contributed by atoms with Gasteiger partial charge in [-0.1, -0.05) is 17.7 Å². The zero-order valence-corrected chi connectivity index (χ0v) is 10.3. The standard InChI is InChI=1S/C12H9ClF3NO2/c1-2-5-17-9-4-3-7(13)6-8(9)11(19,10(17)18)12(14,15)16/h2-4,6,19H,1,5H2. The van der Waals surface area contributed by atoms with Crippen molar-refractivity contribution in [3.05, 3.63) is 41.4 Å². The minimum absolute atomic E-state index is 0.00896. The highest BCUT2D eigenvalue weighted by Crippen LogP contribution is 2.49. The predicted molar refractivity (Wildman–Crippen MR) is 64.0 cm³/mol. The van der Waals surface area contributed by atoms with Crippen LogP contribution in [0.2, 0.25) is 5.02 Å². The molecule has 3 nitrogen and oxygen atoms in total. The molecule has 1 aliphatic heterocycles. The number of fused-ring (bicyclic) bond motifs is 1. The molecule has 0 saturated carbocycles. The molecule has 0 saturated heterocycles. The van der Waals surface area contributed by atoms with E-state index in [1.165, 1.54) is 18.2 Å². The van der Waals surface area contributed by atoms with E-state index in [9.17, 15) is 23.1 Å². The molecule has 0 aliphatic carbocycles. The Bertz CT molecular complexity index is 558. The predicted octanol–water partition coefficient (Wildman–Crippen LogP) is 2.62. The molecule has 1 aliphatic rings. The van der Waals surface area contributed by atoms with E-state index in [1.807, 2.05) is 0 Å². The van der Waals surface area contributed by atoms with Crippen molar-refractivity contribution in [3.63, 3.8) is 0 Å². The first-order valence-electron chi connectivity index (χ1n) is 5.25. The lowest BCUT2D eigenvalue weighted by molar-refractivity contribution is -0.253. The number of rotatable bonds is 2. The molecule has 1 heterocycles. The SMILES string of the molecule is C=CCN1C(=O)C(O)(C(F)(F)F)c2cc(Cl)ccc21. The van der Waals surface area contributed by atoms with Crippen LogP contribution in [0.3, 0.4) is 0 Å². The fourth-order valence-corrected chi connectivity index (χ4v) is 2.21. The molecular formula is C12H9ClF3NO2. The summed E-state index contributed by atoms with van der Waals surface area (Å²) in [6, 6.07) is 3.57. The highest BCUT2D eigenvalue weighted by Gasteiger charge is 2.66. The van der Waals surface area contributed by atoms with Crippen LogP contribution in [0.1, 0.15) is 5.56 Å². The molecule has 1 amide bonds. The number of carbonyl (C=O) groups is 1. The van der Waals surface area contributed by atoms with Gasteiger partial charge in [0, 0.05) is 17.1 Å². The number of carbonyl (C=O) groups excluding carboxylic acids is 1. The quantitative estimate of drug-likeness (QED) is 0.851. The van der Waals surface area contributed by atoms with Gasteiger partial charge in [0.05, 0.1) is 5.69 Å². The Morgan fingerprint density at radius 1 is 1.47 bits per heavy atom. The number of hydrogen-bond donors (Lipinski definition) is 1. The molecule has 7 heteroatoms. The van der Waals surface area contributed by atoms with Crippen LogP contribution in [-0.2, 0) is 10.4 Å². The van der Waals surface area contributed by atoms with Crippen LogP contribution in [0.25, 0.3) is 0 Å². The third-order valence-electron chi connectivity index (χ3n) is 2.92. The van der Waals surface area contributed by atoms with Crippen molar-refractivity contribution in [1.29, 1.82) is 0 Å². The Hall–Kier alpha value is -1.53. The van der Waals surface area contributed by atoms with Crippen LogP contribution in [-0.4, -0.2) is 23.7 Å². The Morgan fingerprint density at radius 3 is 2.63 bits per heavy atom. The lowest BCUT2D eigenvalue weighted by Crippen LogP contribution is -2.50. The van der Waals surface area contributed by atoms with Gasteiger partial charge in [0.2, 0.25) is 0 Å². The van der Waals surface area contributed by atoms with E-state index >= 15 is 0 Å². The molecule has 19 heavy (non-hydrogen) atoms. The molecule has 102 valence electrons. The van der Waals surface area contributed by atoms with Crippen LogP contribution in [0.5, 0.6) is 0 Å². The summed E-state index contributed by atoms with van der Waals surface area (Å²) in [4.78, 5) is 12.7. The van der Waals surface area contributed by atoms with E-state index < -0.39 is 23.2 Å². The van der Waals surface area contributed by atoms with Crippen LogP contribution >= 0.6 is 11.6 Å². The van der Waals surface area contributed by atoms with Crippen molar-refractivity contribution in [2.75, 3.05) is 11.4 Å². The Balaban J connectivity index is 2.70. The molecule has 2 rings (SSSR count). The molecule has 0 bridgehead atoms. The summed E-state index contributed by atoms with van der Waals surface area (Å²) in [7, 11) is 0. The number of halogens is 4. The Kier molecular flexibility index (Phi) is 3.10. The second-order valence-corrected chi connectivity index (χ2v) is 4.51. The minimum atomic E-state index is -5.13. The second kappa shape index (κ2) is 4.25. The minimum Gasteiger partial charge on any atom is -0.368 e. The van der Waals surface area contributed by atoms with Crippen molar-refractivity contribution >= 4 is 23.2 Å². The first-order chi connectivity index (χ1) is 8.73. The van der Waals surface area contributed by atoms with Gasteiger partial charge in [-0.2, -0.15) is 13.2 Å². The summed E-state index contributed by atoms with van der Waals surface area (Å²) in [5.41, 5.74) is -4.13. The molecule has 1 atom stereocenters. The lowest BCUT2D eigenvalue weighted by Gasteiger charge is -2.25. The average Bonchev–Trinajstić information content (AvgIpc) is 2.52. The fourth-order valence-electron chi connectivity index (χ4n) is 2.04. The zero-order chi connectivity index (χ0) is 14.4. The first kappa shape index (κ1) is 13.9.